The number of halogens is 1. The molecule has 0 saturated carbocycles. The average Bonchev–Trinajstić information content (AvgIpc) is 3.02. The van der Waals surface area contributed by atoms with E-state index in [9.17, 15) is 18.8 Å². The van der Waals surface area contributed by atoms with Crippen molar-refractivity contribution >= 4 is 46.3 Å². The fraction of sp³-hybridized carbons (Fsp3) is 0.370. The van der Waals surface area contributed by atoms with Crippen molar-refractivity contribution in [1.82, 2.24) is 4.90 Å². The summed E-state index contributed by atoms with van der Waals surface area (Å²) in [6.07, 6.45) is 2.73. The summed E-state index contributed by atoms with van der Waals surface area (Å²) in [6, 6.07) is 11.8. The predicted molar refractivity (Wildman–Crippen MR) is 139 cm³/mol. The van der Waals surface area contributed by atoms with E-state index in [0.29, 0.717) is 17.6 Å². The Morgan fingerprint density at radius 3 is 2.54 bits per heavy atom. The highest BCUT2D eigenvalue weighted by Crippen LogP contribution is 2.45. The Labute approximate surface area is 209 Å². The van der Waals surface area contributed by atoms with Gasteiger partial charge in [-0.15, -0.1) is 0 Å². The van der Waals surface area contributed by atoms with Gasteiger partial charge in [0.2, 0.25) is 5.91 Å². The standard InChI is InChI=1S/C27H30FN3O3S/c1-16(2)31-22-11-6-18(12-21(22)17(3)14-27(31,4)5)13-23-25(33)30(26(34)35-23)15-24(32)29-20-9-7-19(28)8-10-20/h6-13,16-17H,14-15H2,1-5H3,(H,29,32)/b23-13-/t17-/m0/s1. The second-order valence-corrected chi connectivity index (χ2v) is 11.0. The molecular weight excluding hydrogens is 465 g/mol. The third-order valence-corrected chi connectivity index (χ3v) is 7.32. The van der Waals surface area contributed by atoms with Crippen molar-refractivity contribution in [2.45, 2.75) is 58.5 Å². The van der Waals surface area contributed by atoms with Gasteiger partial charge in [-0.3, -0.25) is 19.3 Å². The Bertz CT molecular complexity index is 1210. The van der Waals surface area contributed by atoms with Crippen LogP contribution in [0.25, 0.3) is 6.08 Å². The molecule has 0 aromatic heterocycles. The van der Waals surface area contributed by atoms with Gasteiger partial charge >= 0.3 is 0 Å². The average molecular weight is 496 g/mol. The highest BCUT2D eigenvalue weighted by Gasteiger charge is 2.38. The molecule has 0 unspecified atom stereocenters. The largest absolute Gasteiger partial charge is 0.364 e. The highest BCUT2D eigenvalue weighted by molar-refractivity contribution is 8.18. The Hall–Kier alpha value is -3.13. The van der Waals surface area contributed by atoms with Crippen molar-refractivity contribution in [2.75, 3.05) is 16.8 Å². The van der Waals surface area contributed by atoms with Crippen LogP contribution in [0.15, 0.2) is 47.4 Å². The number of nitrogens with one attached hydrogen (secondary N) is 1. The molecule has 184 valence electrons. The molecular formula is C27H30FN3O3S. The van der Waals surface area contributed by atoms with Crippen molar-refractivity contribution in [3.8, 4) is 0 Å². The van der Waals surface area contributed by atoms with Gasteiger partial charge in [0.1, 0.15) is 12.4 Å². The zero-order valence-electron chi connectivity index (χ0n) is 20.6. The van der Waals surface area contributed by atoms with Crippen LogP contribution in [0.1, 0.15) is 58.1 Å². The quantitative estimate of drug-likeness (QED) is 0.515. The molecule has 0 radical (unpaired) electrons. The summed E-state index contributed by atoms with van der Waals surface area (Å²) in [5.74, 6) is -1.09. The van der Waals surface area contributed by atoms with Gasteiger partial charge in [-0.2, -0.15) is 0 Å². The van der Waals surface area contributed by atoms with E-state index in [1.165, 1.54) is 35.5 Å². The molecule has 0 bridgehead atoms. The lowest BCUT2D eigenvalue weighted by Gasteiger charge is -2.50. The molecule has 6 nitrogen and oxygen atoms in total. The van der Waals surface area contributed by atoms with Crippen molar-refractivity contribution < 1.29 is 18.8 Å². The number of carbonyl (C=O) groups is 3. The first-order valence-electron chi connectivity index (χ1n) is 11.7. The number of thioether (sulfide) groups is 1. The summed E-state index contributed by atoms with van der Waals surface area (Å²) in [4.78, 5) is 41.4. The number of benzene rings is 2. The summed E-state index contributed by atoms with van der Waals surface area (Å²) >= 11 is 0.829. The molecule has 1 fully saturated rings. The van der Waals surface area contributed by atoms with Gasteiger partial charge in [0, 0.05) is 23.0 Å². The lowest BCUT2D eigenvalue weighted by Crippen LogP contribution is -2.51. The van der Waals surface area contributed by atoms with Crippen LogP contribution in [0.2, 0.25) is 0 Å². The molecule has 3 amide bonds. The number of imide groups is 1. The minimum atomic E-state index is -0.529. The van der Waals surface area contributed by atoms with E-state index < -0.39 is 29.4 Å². The van der Waals surface area contributed by atoms with Crippen LogP contribution >= 0.6 is 11.8 Å². The number of hydrogen-bond acceptors (Lipinski definition) is 5. The van der Waals surface area contributed by atoms with Gasteiger partial charge in [0.25, 0.3) is 11.1 Å². The van der Waals surface area contributed by atoms with Crippen LogP contribution in [-0.2, 0) is 9.59 Å². The van der Waals surface area contributed by atoms with Crippen LogP contribution in [0, 0.1) is 5.82 Å². The predicted octanol–water partition coefficient (Wildman–Crippen LogP) is 6.00. The van der Waals surface area contributed by atoms with Gasteiger partial charge in [0.15, 0.2) is 0 Å². The fourth-order valence-corrected chi connectivity index (χ4v) is 6.04. The zero-order valence-corrected chi connectivity index (χ0v) is 21.4. The number of amides is 3. The first-order chi connectivity index (χ1) is 16.5. The minimum absolute atomic E-state index is 0.0409. The second-order valence-electron chi connectivity index (χ2n) is 10.0. The molecule has 1 N–H and O–H groups in total. The fourth-order valence-electron chi connectivity index (χ4n) is 5.20. The van der Waals surface area contributed by atoms with Gasteiger partial charge in [-0.25, -0.2) is 4.39 Å². The molecule has 0 aliphatic carbocycles. The first-order valence-corrected chi connectivity index (χ1v) is 12.5. The van der Waals surface area contributed by atoms with Gasteiger partial charge in [-0.1, -0.05) is 13.0 Å². The topological polar surface area (TPSA) is 69.7 Å². The summed E-state index contributed by atoms with van der Waals surface area (Å²) < 4.78 is 13.1. The number of hydrogen-bond donors (Lipinski definition) is 1. The zero-order chi connectivity index (χ0) is 25.5. The number of anilines is 2. The summed E-state index contributed by atoms with van der Waals surface area (Å²) in [6.45, 7) is 10.7. The van der Waals surface area contributed by atoms with E-state index in [-0.39, 0.29) is 10.4 Å². The van der Waals surface area contributed by atoms with Crippen LogP contribution in [-0.4, -0.2) is 40.1 Å². The van der Waals surface area contributed by atoms with E-state index in [0.717, 1.165) is 28.6 Å². The molecule has 2 aromatic carbocycles. The van der Waals surface area contributed by atoms with E-state index in [4.69, 9.17) is 0 Å². The van der Waals surface area contributed by atoms with Crippen LogP contribution in [0.5, 0.6) is 0 Å². The van der Waals surface area contributed by atoms with E-state index >= 15 is 0 Å². The Balaban J connectivity index is 1.52. The van der Waals surface area contributed by atoms with Gasteiger partial charge < -0.3 is 10.2 Å². The van der Waals surface area contributed by atoms with Crippen molar-refractivity contribution in [2.24, 2.45) is 0 Å². The van der Waals surface area contributed by atoms with Crippen molar-refractivity contribution in [3.05, 3.63) is 64.3 Å². The van der Waals surface area contributed by atoms with Gasteiger partial charge in [0.05, 0.1) is 4.91 Å². The molecule has 35 heavy (non-hydrogen) atoms. The number of carbonyl (C=O) groups excluding carboxylic acids is 3. The molecule has 0 spiro atoms. The van der Waals surface area contributed by atoms with Crippen LogP contribution < -0.4 is 10.2 Å². The second kappa shape index (κ2) is 9.49. The molecule has 8 heteroatoms. The third kappa shape index (κ3) is 5.12. The van der Waals surface area contributed by atoms with Gasteiger partial charge in [-0.05, 0) is 105 Å². The Morgan fingerprint density at radius 2 is 1.89 bits per heavy atom. The molecule has 2 heterocycles. The maximum atomic E-state index is 13.1. The Morgan fingerprint density at radius 1 is 1.20 bits per heavy atom. The molecule has 1 saturated heterocycles. The molecule has 4 rings (SSSR count). The SMILES string of the molecule is CC(C)N1c2ccc(/C=C3\SC(=O)N(CC(=O)Nc4ccc(F)cc4)C3=O)cc2[C@@H](C)CC1(C)C. The number of fused-ring (bicyclic) bond motifs is 1. The smallest absolute Gasteiger partial charge is 0.294 e. The molecule has 2 aliphatic rings. The normalized spacial score (nSPS) is 20.5. The van der Waals surface area contributed by atoms with Crippen molar-refractivity contribution in [1.29, 1.82) is 0 Å². The third-order valence-electron chi connectivity index (χ3n) is 6.42. The molecule has 2 aromatic rings. The van der Waals surface area contributed by atoms with Crippen LogP contribution in [0.3, 0.4) is 0 Å². The number of rotatable bonds is 5. The van der Waals surface area contributed by atoms with Crippen LogP contribution in [0.4, 0.5) is 20.6 Å². The maximum Gasteiger partial charge on any atom is 0.294 e. The first kappa shape index (κ1) is 25.0. The van der Waals surface area contributed by atoms with E-state index in [1.54, 1.807) is 6.08 Å². The van der Waals surface area contributed by atoms with Crippen molar-refractivity contribution in [3.63, 3.8) is 0 Å². The lowest BCUT2D eigenvalue weighted by molar-refractivity contribution is -0.127. The monoisotopic (exact) mass is 495 g/mol. The summed E-state index contributed by atoms with van der Waals surface area (Å²) in [5, 5.41) is 2.08. The highest BCUT2D eigenvalue weighted by atomic mass is 32.2. The maximum absolute atomic E-state index is 13.1. The van der Waals surface area contributed by atoms with E-state index in [2.05, 4.69) is 57.0 Å². The summed E-state index contributed by atoms with van der Waals surface area (Å²) in [7, 11) is 0. The lowest BCUT2D eigenvalue weighted by atomic mass is 9.79. The number of nitrogens with zero attached hydrogens (tertiary/aromatic N) is 2. The summed E-state index contributed by atoms with van der Waals surface area (Å²) in [5.41, 5.74) is 3.70. The molecule has 2 aliphatic heterocycles. The minimum Gasteiger partial charge on any atom is -0.364 e. The Kier molecular flexibility index (Phi) is 6.77. The molecule has 1 atom stereocenters. The van der Waals surface area contributed by atoms with E-state index in [1.807, 2.05) is 6.07 Å².